The first kappa shape index (κ1) is 14.7. The summed E-state index contributed by atoms with van der Waals surface area (Å²) in [5.74, 6) is 0.0513. The zero-order valence-electron chi connectivity index (χ0n) is 23.1. The van der Waals surface area contributed by atoms with E-state index in [1.807, 2.05) is 0 Å². The average Bonchev–Trinajstić information content (AvgIpc) is 2.99. The molecule has 1 heterocycles. The van der Waals surface area contributed by atoms with Crippen molar-refractivity contribution in [2.24, 2.45) is 0 Å². The van der Waals surface area contributed by atoms with Crippen LogP contribution in [0.3, 0.4) is 0 Å². The van der Waals surface area contributed by atoms with Crippen LogP contribution in [-0.2, 0) is 15.5 Å². The minimum atomic E-state index is -3.51. The number of phenols is 1. The van der Waals surface area contributed by atoms with Gasteiger partial charge in [0.2, 0.25) is 7.37 Å². The molecule has 0 unspecified atom stereocenters. The Bertz CT molecular complexity index is 1000. The van der Waals surface area contributed by atoms with Crippen molar-refractivity contribution in [3.8, 4) is 5.75 Å². The lowest BCUT2D eigenvalue weighted by atomic mass is 10.1. The molecule has 0 amide bonds. The molecule has 0 saturated carbocycles. The van der Waals surface area contributed by atoms with Gasteiger partial charge in [-0.2, -0.15) is 0 Å². The van der Waals surface area contributed by atoms with E-state index >= 15 is 0 Å². The van der Waals surface area contributed by atoms with Crippen LogP contribution in [0.2, 0.25) is 0 Å². The number of nitrogens with zero attached hydrogens (tertiary/aromatic N) is 1. The fourth-order valence-electron chi connectivity index (χ4n) is 3.32. The molecule has 0 fully saturated rings. The Kier molecular flexibility index (Phi) is 3.95. The monoisotopic (exact) mass is 401 g/mol. The lowest BCUT2D eigenvalue weighted by Crippen LogP contribution is -2.44. The van der Waals surface area contributed by atoms with Gasteiger partial charge in [-0.15, -0.1) is 0 Å². The number of phenolic OH excluding ortho intramolecular Hbond substituents is 1. The van der Waals surface area contributed by atoms with Gasteiger partial charge in [0.05, 0.1) is 28.7 Å². The van der Waals surface area contributed by atoms with Crippen molar-refractivity contribution in [3.63, 3.8) is 0 Å². The summed E-state index contributed by atoms with van der Waals surface area (Å²) in [7, 11) is -3.51. The second-order valence-electron chi connectivity index (χ2n) is 9.14. The first-order chi connectivity index (χ1) is 14.7. The van der Waals surface area contributed by atoms with E-state index in [-0.39, 0.29) is 18.7 Å². The summed E-state index contributed by atoms with van der Waals surface area (Å²) < 4.78 is 67.5. The maximum atomic E-state index is 14.0. The highest BCUT2D eigenvalue weighted by molar-refractivity contribution is 7.62. The number of aromatic hydroxyl groups is 1. The summed E-state index contributed by atoms with van der Waals surface area (Å²) in [6.45, 7) is 3.52. The van der Waals surface area contributed by atoms with Gasteiger partial charge < -0.3 is 14.6 Å². The summed E-state index contributed by atoms with van der Waals surface area (Å²) in [6.07, 6.45) is 1.77. The second kappa shape index (κ2) is 7.27. The van der Waals surface area contributed by atoms with Crippen LogP contribution in [0.5, 0.6) is 5.75 Å². The number of aromatic amines is 1. The zero-order valence-corrected chi connectivity index (χ0v) is 18.0. The number of rotatable bonds is 6. The molecule has 1 aromatic carbocycles. The van der Waals surface area contributed by atoms with E-state index in [1.54, 1.807) is 59.9 Å². The summed E-state index contributed by atoms with van der Waals surface area (Å²) in [6, 6.07) is 4.76. The van der Waals surface area contributed by atoms with Crippen LogP contribution in [0, 0.1) is 0 Å². The molecular formula is C21H36N2O3P+. The quantitative estimate of drug-likeness (QED) is 0.390. The first-order valence-electron chi connectivity index (χ1n) is 12.1. The molecule has 27 heavy (non-hydrogen) atoms. The first-order valence-corrected chi connectivity index (χ1v) is 10.7. The van der Waals surface area contributed by atoms with Gasteiger partial charge in [-0.1, -0.05) is 41.5 Å². The molecule has 2 N–H and O–H groups in total. The van der Waals surface area contributed by atoms with E-state index in [9.17, 15) is 9.67 Å². The summed E-state index contributed by atoms with van der Waals surface area (Å²) >= 11 is 0. The van der Waals surface area contributed by atoms with Crippen LogP contribution in [0.4, 0.5) is 0 Å². The highest BCUT2D eigenvalue weighted by Crippen LogP contribution is 2.67. The molecule has 2 aromatic rings. The van der Waals surface area contributed by atoms with Gasteiger partial charge in [-0.25, -0.2) is 0 Å². The SMILES string of the molecule is [2H]C([2H])([2H])[N+](CCc1c[nH]c2ccc(O)cc12)(COP(=O)(C(C)(C)C)C(C)(C)C)C([2H])([2H])[2H]. The third kappa shape index (κ3) is 4.77. The van der Waals surface area contributed by atoms with Crippen LogP contribution >= 0.6 is 7.37 Å². The fourth-order valence-corrected chi connectivity index (χ4v) is 6.47. The lowest BCUT2D eigenvalue weighted by Gasteiger charge is -2.41. The van der Waals surface area contributed by atoms with Crippen molar-refractivity contribution in [3.05, 3.63) is 30.0 Å². The van der Waals surface area contributed by atoms with Crippen molar-refractivity contribution in [2.75, 3.05) is 27.2 Å². The molecule has 2 rings (SSSR count). The Morgan fingerprint density at radius 1 is 1.19 bits per heavy atom. The highest BCUT2D eigenvalue weighted by atomic mass is 31.2. The molecule has 0 atom stereocenters. The van der Waals surface area contributed by atoms with Gasteiger partial charge in [0.15, 0.2) is 6.73 Å². The summed E-state index contributed by atoms with van der Waals surface area (Å²) in [5.41, 5.74) is 1.41. The second-order valence-corrected chi connectivity index (χ2v) is 13.2. The minimum Gasteiger partial charge on any atom is -0.508 e. The molecule has 0 aliphatic carbocycles. The summed E-state index contributed by atoms with van der Waals surface area (Å²) in [5, 5.41) is 8.88. The molecule has 0 saturated heterocycles. The van der Waals surface area contributed by atoms with Crippen molar-refractivity contribution in [1.82, 2.24) is 4.98 Å². The Morgan fingerprint density at radius 3 is 2.37 bits per heavy atom. The molecule has 0 radical (unpaired) electrons. The predicted octanol–water partition coefficient (Wildman–Crippen LogP) is 5.34. The highest BCUT2D eigenvalue weighted by Gasteiger charge is 2.48. The number of H-pyrrole nitrogens is 1. The molecule has 0 aliphatic rings. The Labute approximate surface area is 172 Å². The van der Waals surface area contributed by atoms with E-state index in [0.717, 1.165) is 5.52 Å². The Balaban J connectivity index is 2.51. The zero-order chi connectivity index (χ0) is 25.7. The van der Waals surface area contributed by atoms with Crippen molar-refractivity contribution in [1.29, 1.82) is 0 Å². The van der Waals surface area contributed by atoms with Gasteiger partial charge in [0.1, 0.15) is 5.75 Å². The van der Waals surface area contributed by atoms with Crippen LogP contribution in [0.15, 0.2) is 24.4 Å². The van der Waals surface area contributed by atoms with Crippen LogP contribution < -0.4 is 0 Å². The van der Waals surface area contributed by atoms with Crippen molar-refractivity contribution >= 4 is 18.3 Å². The van der Waals surface area contributed by atoms with E-state index in [2.05, 4.69) is 4.98 Å². The molecule has 152 valence electrons. The third-order valence-electron chi connectivity index (χ3n) is 4.74. The maximum absolute atomic E-state index is 14.0. The average molecular weight is 402 g/mol. The molecule has 0 aliphatic heterocycles. The number of aromatic nitrogens is 1. The summed E-state index contributed by atoms with van der Waals surface area (Å²) in [4.78, 5) is 3.05. The number of fused-ring (bicyclic) bond motifs is 1. The molecule has 0 spiro atoms. The molecular weight excluding hydrogens is 359 g/mol. The number of likely N-dealkylation sites (N-methyl/N-ethyl adjacent to an activating group) is 1. The third-order valence-corrected chi connectivity index (χ3v) is 8.75. The van der Waals surface area contributed by atoms with Crippen molar-refractivity contribution < 1.29 is 26.9 Å². The van der Waals surface area contributed by atoms with E-state index in [1.165, 1.54) is 6.07 Å². The van der Waals surface area contributed by atoms with Crippen LogP contribution in [0.1, 0.15) is 55.3 Å². The van der Waals surface area contributed by atoms with E-state index in [0.29, 0.717) is 10.9 Å². The lowest BCUT2D eigenvalue weighted by molar-refractivity contribution is -0.905. The maximum Gasteiger partial charge on any atom is 0.217 e. The number of hydrogen-bond donors (Lipinski definition) is 2. The number of hydrogen-bond acceptors (Lipinski definition) is 3. The predicted molar refractivity (Wildman–Crippen MR) is 114 cm³/mol. The number of nitrogens with one attached hydrogen (secondary N) is 1. The molecule has 0 bridgehead atoms. The van der Waals surface area contributed by atoms with E-state index in [4.69, 9.17) is 12.7 Å². The standard InChI is InChI=1S/C21H35N2O3P/c1-20(2,3)27(25,21(4,5)6)26-15-23(7,8)12-11-16-14-22-19-10-9-17(24)13-18(16)19/h9-10,13-14,22H,11-12,15H2,1-8H3/p+1/i7D3,8D3. The molecule has 5 nitrogen and oxygen atoms in total. The van der Waals surface area contributed by atoms with Gasteiger partial charge in [-0.3, -0.25) is 9.09 Å². The van der Waals surface area contributed by atoms with Crippen molar-refractivity contribution in [2.45, 2.75) is 58.3 Å². The van der Waals surface area contributed by atoms with Crippen LogP contribution in [0.25, 0.3) is 10.9 Å². The largest absolute Gasteiger partial charge is 0.508 e. The smallest absolute Gasteiger partial charge is 0.217 e. The topological polar surface area (TPSA) is 62.3 Å². The minimum absolute atomic E-state index is 0.0513. The Morgan fingerprint density at radius 2 is 1.81 bits per heavy atom. The molecule has 6 heteroatoms. The van der Waals surface area contributed by atoms with Crippen LogP contribution in [-0.4, -0.2) is 52.1 Å². The van der Waals surface area contributed by atoms with Gasteiger partial charge in [0.25, 0.3) is 0 Å². The van der Waals surface area contributed by atoms with Gasteiger partial charge >= 0.3 is 0 Å². The molecule has 1 aromatic heterocycles. The van der Waals surface area contributed by atoms with Gasteiger partial charge in [-0.05, 0) is 23.8 Å². The normalized spacial score (nSPS) is 18.3. The number of benzene rings is 1. The van der Waals surface area contributed by atoms with E-state index < -0.39 is 42.8 Å². The van der Waals surface area contributed by atoms with Gasteiger partial charge in [0, 0.05) is 33.8 Å². The number of quaternary nitrogens is 1. The Hall–Kier alpha value is -1.29. The fraction of sp³-hybridized carbons (Fsp3) is 0.619.